The van der Waals surface area contributed by atoms with E-state index in [-0.39, 0.29) is 23.9 Å². The van der Waals surface area contributed by atoms with E-state index in [0.29, 0.717) is 0 Å². The molecule has 0 unspecified atom stereocenters. The van der Waals surface area contributed by atoms with Gasteiger partial charge in [0.1, 0.15) is 5.60 Å². The average Bonchev–Trinajstić information content (AvgIpc) is 2.73. The minimum atomic E-state index is -0.917. The molecule has 2 amide bonds. The van der Waals surface area contributed by atoms with Gasteiger partial charge in [0.15, 0.2) is 0 Å². The summed E-state index contributed by atoms with van der Waals surface area (Å²) in [5.74, 6) is 0.284. The fourth-order valence-corrected chi connectivity index (χ4v) is 3.69. The zero-order chi connectivity index (χ0) is 23.3. The summed E-state index contributed by atoms with van der Waals surface area (Å²) in [4.78, 5) is 36.0. The number of hydrogen-bond donors (Lipinski definition) is 2. The van der Waals surface area contributed by atoms with E-state index in [1.165, 1.54) is 7.11 Å². The lowest BCUT2D eigenvalue weighted by molar-refractivity contribution is 0.0491. The Morgan fingerprint density at radius 1 is 1.03 bits per heavy atom. The Kier molecular flexibility index (Phi) is 7.12. The first kappa shape index (κ1) is 23.2. The summed E-state index contributed by atoms with van der Waals surface area (Å²) < 4.78 is 15.5. The number of alkyl carbamates (subject to hydrolysis) is 1. The minimum Gasteiger partial charge on any atom is -0.467 e. The first-order chi connectivity index (χ1) is 15.1. The molecule has 1 aliphatic rings. The Bertz CT molecular complexity index is 950. The molecule has 0 radical (unpaired) electrons. The van der Waals surface area contributed by atoms with Gasteiger partial charge >= 0.3 is 18.2 Å². The van der Waals surface area contributed by atoms with Crippen molar-refractivity contribution in [3.05, 3.63) is 30.2 Å². The molecule has 2 aromatic rings. The van der Waals surface area contributed by atoms with Crippen molar-refractivity contribution in [3.8, 4) is 23.0 Å². The standard InChI is InChI=1S/C22H29N5O5/c1-22(2,3)32-21(29)27-16-7-5-13(6-8-16)17-9-14(10-24-18(17)31-19(23)28)15-11-25-20(30-4)26-12-15/h9-13,16H,5-8H2,1-4H3,(H2,23,28)(H,27,29). The second-order valence-corrected chi connectivity index (χ2v) is 8.69. The number of pyridine rings is 1. The highest BCUT2D eigenvalue weighted by atomic mass is 16.6. The zero-order valence-electron chi connectivity index (χ0n) is 18.8. The summed E-state index contributed by atoms with van der Waals surface area (Å²) in [5, 5.41) is 2.93. The number of carbonyl (C=O) groups is 2. The van der Waals surface area contributed by atoms with Crippen molar-refractivity contribution < 1.29 is 23.8 Å². The van der Waals surface area contributed by atoms with Crippen LogP contribution >= 0.6 is 0 Å². The predicted molar refractivity (Wildman–Crippen MR) is 116 cm³/mol. The molecule has 1 saturated carbocycles. The van der Waals surface area contributed by atoms with E-state index in [1.807, 2.05) is 26.8 Å². The van der Waals surface area contributed by atoms with Crippen LogP contribution in [0.25, 0.3) is 11.1 Å². The van der Waals surface area contributed by atoms with Crippen LogP contribution < -0.4 is 20.5 Å². The number of primary amides is 1. The Hall–Kier alpha value is -3.43. The van der Waals surface area contributed by atoms with E-state index in [9.17, 15) is 9.59 Å². The van der Waals surface area contributed by atoms with E-state index >= 15 is 0 Å². The Morgan fingerprint density at radius 2 is 1.66 bits per heavy atom. The van der Waals surface area contributed by atoms with Crippen molar-refractivity contribution in [1.29, 1.82) is 0 Å². The second-order valence-electron chi connectivity index (χ2n) is 8.69. The first-order valence-electron chi connectivity index (χ1n) is 10.5. The SMILES string of the molecule is COc1ncc(-c2cnc(OC(N)=O)c(C3CCC(NC(=O)OC(C)(C)C)CC3)c2)cn1. The van der Waals surface area contributed by atoms with Gasteiger partial charge in [-0.05, 0) is 58.4 Å². The summed E-state index contributed by atoms with van der Waals surface area (Å²) in [7, 11) is 1.50. The lowest BCUT2D eigenvalue weighted by atomic mass is 9.81. The number of nitrogens with zero attached hydrogens (tertiary/aromatic N) is 3. The molecule has 2 heterocycles. The number of hydrogen-bond acceptors (Lipinski definition) is 8. The molecule has 10 nitrogen and oxygen atoms in total. The van der Waals surface area contributed by atoms with Crippen LogP contribution in [0.2, 0.25) is 0 Å². The smallest absolute Gasteiger partial charge is 0.411 e. The number of nitrogens with two attached hydrogens (primary N) is 1. The predicted octanol–water partition coefficient (Wildman–Crippen LogP) is 3.56. The maximum Gasteiger partial charge on any atom is 0.411 e. The van der Waals surface area contributed by atoms with Gasteiger partial charge in [0.25, 0.3) is 0 Å². The third-order valence-electron chi connectivity index (χ3n) is 5.11. The molecule has 2 aromatic heterocycles. The molecule has 0 aliphatic heterocycles. The molecule has 172 valence electrons. The minimum absolute atomic E-state index is 0.0211. The van der Waals surface area contributed by atoms with Crippen LogP contribution in [0.15, 0.2) is 24.7 Å². The van der Waals surface area contributed by atoms with Gasteiger partial charge in [-0.3, -0.25) is 0 Å². The van der Waals surface area contributed by atoms with Crippen LogP contribution in [0.1, 0.15) is 57.9 Å². The summed E-state index contributed by atoms with van der Waals surface area (Å²) >= 11 is 0. The fourth-order valence-electron chi connectivity index (χ4n) is 3.69. The third-order valence-corrected chi connectivity index (χ3v) is 5.11. The lowest BCUT2D eigenvalue weighted by Gasteiger charge is -2.30. The second kappa shape index (κ2) is 9.80. The van der Waals surface area contributed by atoms with Crippen molar-refractivity contribution in [3.63, 3.8) is 0 Å². The number of amides is 2. The van der Waals surface area contributed by atoms with Crippen molar-refractivity contribution in [2.45, 2.75) is 64.0 Å². The molecule has 3 N–H and O–H groups in total. The monoisotopic (exact) mass is 443 g/mol. The van der Waals surface area contributed by atoms with Crippen molar-refractivity contribution in [2.75, 3.05) is 7.11 Å². The molecule has 3 rings (SSSR count). The zero-order valence-corrected chi connectivity index (χ0v) is 18.8. The number of nitrogens with one attached hydrogen (secondary N) is 1. The van der Waals surface area contributed by atoms with E-state index in [1.54, 1.807) is 18.6 Å². The van der Waals surface area contributed by atoms with E-state index in [4.69, 9.17) is 19.9 Å². The van der Waals surface area contributed by atoms with E-state index in [0.717, 1.165) is 42.4 Å². The maximum atomic E-state index is 12.1. The van der Waals surface area contributed by atoms with Crippen LogP contribution in [-0.2, 0) is 4.74 Å². The largest absolute Gasteiger partial charge is 0.467 e. The van der Waals surface area contributed by atoms with Crippen molar-refractivity contribution in [1.82, 2.24) is 20.3 Å². The molecule has 1 fully saturated rings. The van der Waals surface area contributed by atoms with Crippen LogP contribution in [-0.4, -0.2) is 45.9 Å². The summed E-state index contributed by atoms with van der Waals surface area (Å²) in [6, 6.07) is 2.21. The van der Waals surface area contributed by atoms with Gasteiger partial charge in [-0.1, -0.05) is 0 Å². The molecule has 10 heteroatoms. The highest BCUT2D eigenvalue weighted by Gasteiger charge is 2.28. The summed E-state index contributed by atoms with van der Waals surface area (Å²) in [6.45, 7) is 5.49. The molecular formula is C22H29N5O5. The number of ether oxygens (including phenoxy) is 3. The topological polar surface area (TPSA) is 139 Å². The van der Waals surface area contributed by atoms with Gasteiger partial charge in [-0.15, -0.1) is 0 Å². The number of methoxy groups -OCH3 is 1. The Morgan fingerprint density at radius 3 is 2.22 bits per heavy atom. The summed E-state index contributed by atoms with van der Waals surface area (Å²) in [5.41, 5.74) is 7.02. The Labute approximate surface area is 186 Å². The normalized spacial score (nSPS) is 18.5. The van der Waals surface area contributed by atoms with Gasteiger partial charge in [0.2, 0.25) is 5.88 Å². The molecular weight excluding hydrogens is 414 g/mol. The molecule has 0 saturated heterocycles. The van der Waals surface area contributed by atoms with Crippen molar-refractivity contribution in [2.24, 2.45) is 5.73 Å². The number of rotatable bonds is 5. The molecule has 1 aliphatic carbocycles. The molecule has 0 aromatic carbocycles. The van der Waals surface area contributed by atoms with Crippen LogP contribution in [0.5, 0.6) is 11.9 Å². The molecule has 0 spiro atoms. The fraction of sp³-hybridized carbons (Fsp3) is 0.500. The van der Waals surface area contributed by atoms with E-state index < -0.39 is 17.8 Å². The van der Waals surface area contributed by atoms with Crippen molar-refractivity contribution >= 4 is 12.2 Å². The molecule has 0 bridgehead atoms. The first-order valence-corrected chi connectivity index (χ1v) is 10.5. The van der Waals surface area contributed by atoms with Gasteiger partial charge in [-0.25, -0.2) is 24.5 Å². The van der Waals surface area contributed by atoms with Gasteiger partial charge < -0.3 is 25.3 Å². The highest BCUT2D eigenvalue weighted by Crippen LogP contribution is 2.38. The number of carbonyl (C=O) groups excluding carboxylic acids is 2. The van der Waals surface area contributed by atoms with Crippen LogP contribution in [0.3, 0.4) is 0 Å². The molecule has 32 heavy (non-hydrogen) atoms. The van der Waals surface area contributed by atoms with Gasteiger partial charge in [0, 0.05) is 41.3 Å². The Balaban J connectivity index is 1.75. The van der Waals surface area contributed by atoms with E-state index in [2.05, 4.69) is 20.3 Å². The lowest BCUT2D eigenvalue weighted by Crippen LogP contribution is -2.40. The van der Waals surface area contributed by atoms with Gasteiger partial charge in [0.05, 0.1) is 7.11 Å². The quantitative estimate of drug-likeness (QED) is 0.715. The molecule has 0 atom stereocenters. The summed E-state index contributed by atoms with van der Waals surface area (Å²) in [6.07, 6.45) is 6.61. The van der Waals surface area contributed by atoms with Crippen LogP contribution in [0, 0.1) is 0 Å². The number of aromatic nitrogens is 3. The maximum absolute atomic E-state index is 12.1. The van der Waals surface area contributed by atoms with Crippen LogP contribution in [0.4, 0.5) is 9.59 Å². The third kappa shape index (κ3) is 6.29. The average molecular weight is 444 g/mol. The highest BCUT2D eigenvalue weighted by molar-refractivity contribution is 5.69. The van der Waals surface area contributed by atoms with Gasteiger partial charge in [-0.2, -0.15) is 0 Å².